The Morgan fingerprint density at radius 1 is 0.280 bits per heavy atom. The van der Waals surface area contributed by atoms with E-state index in [9.17, 15) is 14.4 Å². The summed E-state index contributed by atoms with van der Waals surface area (Å²) in [7, 11) is 0. The zero-order valence-electron chi connectivity index (χ0n) is 49.6. The van der Waals surface area contributed by atoms with E-state index >= 15 is 0 Å². The summed E-state index contributed by atoms with van der Waals surface area (Å²) in [5, 5.41) is 0. The molecule has 0 aliphatic carbocycles. The fourth-order valence-electron chi connectivity index (χ4n) is 9.09. The van der Waals surface area contributed by atoms with Gasteiger partial charge in [0.25, 0.3) is 0 Å². The Kier molecular flexibility index (Phi) is 60.3. The van der Waals surface area contributed by atoms with Crippen molar-refractivity contribution < 1.29 is 28.6 Å². The Balaban J connectivity index is 4.07. The maximum Gasteiger partial charge on any atom is 0.306 e. The molecule has 6 heteroatoms. The average Bonchev–Trinajstić information content (AvgIpc) is 3.41. The van der Waals surface area contributed by atoms with Crippen LogP contribution < -0.4 is 0 Å². The van der Waals surface area contributed by atoms with Crippen LogP contribution in [0.5, 0.6) is 0 Å². The van der Waals surface area contributed by atoms with Crippen LogP contribution in [0, 0.1) is 0 Å². The zero-order valence-corrected chi connectivity index (χ0v) is 49.6. The van der Waals surface area contributed by atoms with E-state index < -0.39 is 6.10 Å². The standard InChI is InChI=1S/C69H120O6/c1-4-7-10-13-16-18-20-22-24-26-28-29-30-31-32-33-34-35-36-37-38-39-41-42-44-46-48-50-53-56-59-62-68(71)74-65-66(64-73-67(70)61-58-55-52-15-12-9-6-3)75-69(72)63-60-57-54-51-49-47-45-43-40-27-25-23-21-19-17-14-11-8-5-2/h7,10,16-19,22-25,28-29,31-32,66H,4-6,8-9,11-15,20-21,26-27,30,33-65H2,1-3H3/b10-7-,18-16-,19-17-,24-22-,25-23-,29-28-,32-31-. The molecule has 75 heavy (non-hydrogen) atoms. The second kappa shape index (κ2) is 63.1. The Hall–Kier alpha value is -3.41. The van der Waals surface area contributed by atoms with Gasteiger partial charge in [-0.25, -0.2) is 0 Å². The summed E-state index contributed by atoms with van der Waals surface area (Å²) >= 11 is 0. The van der Waals surface area contributed by atoms with Crippen LogP contribution in [0.4, 0.5) is 0 Å². The normalized spacial score (nSPS) is 12.6. The van der Waals surface area contributed by atoms with Crippen LogP contribution in [0.2, 0.25) is 0 Å². The zero-order chi connectivity index (χ0) is 54.3. The predicted octanol–water partition coefficient (Wildman–Crippen LogP) is 21.9. The number of allylic oxidation sites excluding steroid dienone is 14. The lowest BCUT2D eigenvalue weighted by Gasteiger charge is -2.18. The van der Waals surface area contributed by atoms with Crippen molar-refractivity contribution in [2.45, 2.75) is 322 Å². The summed E-state index contributed by atoms with van der Waals surface area (Å²) in [5.41, 5.74) is 0. The van der Waals surface area contributed by atoms with Gasteiger partial charge in [0.2, 0.25) is 0 Å². The molecule has 0 rings (SSSR count). The van der Waals surface area contributed by atoms with Crippen molar-refractivity contribution >= 4 is 17.9 Å². The van der Waals surface area contributed by atoms with Gasteiger partial charge in [0.05, 0.1) is 0 Å². The summed E-state index contributed by atoms with van der Waals surface area (Å²) in [6, 6.07) is 0. The highest BCUT2D eigenvalue weighted by Crippen LogP contribution is 2.17. The summed E-state index contributed by atoms with van der Waals surface area (Å²) < 4.78 is 16.8. The molecule has 0 aliphatic heterocycles. The highest BCUT2D eigenvalue weighted by Gasteiger charge is 2.19. The minimum atomic E-state index is -0.775. The van der Waals surface area contributed by atoms with Crippen LogP contribution in [-0.2, 0) is 28.6 Å². The molecule has 0 spiro atoms. The lowest BCUT2D eigenvalue weighted by Crippen LogP contribution is -2.30. The monoisotopic (exact) mass is 1040 g/mol. The van der Waals surface area contributed by atoms with E-state index in [1.165, 1.54) is 180 Å². The van der Waals surface area contributed by atoms with E-state index in [-0.39, 0.29) is 31.1 Å². The fourth-order valence-corrected chi connectivity index (χ4v) is 9.09. The van der Waals surface area contributed by atoms with Crippen LogP contribution in [0.25, 0.3) is 0 Å². The van der Waals surface area contributed by atoms with Gasteiger partial charge in [-0.15, -0.1) is 0 Å². The molecule has 6 nitrogen and oxygen atoms in total. The van der Waals surface area contributed by atoms with E-state index in [4.69, 9.17) is 14.2 Å². The van der Waals surface area contributed by atoms with Gasteiger partial charge in [0.1, 0.15) is 13.2 Å². The van der Waals surface area contributed by atoms with Crippen molar-refractivity contribution in [3.05, 3.63) is 85.1 Å². The molecule has 0 N–H and O–H groups in total. The quantitative estimate of drug-likeness (QED) is 0.0261. The third-order valence-electron chi connectivity index (χ3n) is 13.9. The number of carbonyl (C=O) groups is 3. The van der Waals surface area contributed by atoms with Crippen molar-refractivity contribution in [3.63, 3.8) is 0 Å². The van der Waals surface area contributed by atoms with Gasteiger partial charge in [0.15, 0.2) is 6.10 Å². The molecule has 0 aromatic carbocycles. The molecule has 0 aromatic rings. The number of carbonyl (C=O) groups excluding carboxylic acids is 3. The van der Waals surface area contributed by atoms with Gasteiger partial charge in [-0.1, -0.05) is 286 Å². The first-order valence-electron chi connectivity index (χ1n) is 32.1. The molecule has 0 saturated carbocycles. The minimum absolute atomic E-state index is 0.0748. The number of hydrogen-bond acceptors (Lipinski definition) is 6. The van der Waals surface area contributed by atoms with E-state index in [0.717, 1.165) is 96.3 Å². The molecular formula is C69H120O6. The summed E-state index contributed by atoms with van der Waals surface area (Å²) in [6.07, 6.45) is 83.3. The topological polar surface area (TPSA) is 78.9 Å². The van der Waals surface area contributed by atoms with Gasteiger partial charge in [-0.3, -0.25) is 14.4 Å². The molecule has 0 radical (unpaired) electrons. The van der Waals surface area contributed by atoms with Gasteiger partial charge in [-0.2, -0.15) is 0 Å². The van der Waals surface area contributed by atoms with Crippen LogP contribution in [0.3, 0.4) is 0 Å². The third kappa shape index (κ3) is 61.3. The second-order valence-electron chi connectivity index (χ2n) is 21.3. The smallest absolute Gasteiger partial charge is 0.306 e. The van der Waals surface area contributed by atoms with Gasteiger partial charge in [0, 0.05) is 19.3 Å². The molecule has 1 unspecified atom stereocenters. The number of rotatable bonds is 58. The first kappa shape index (κ1) is 71.6. The van der Waals surface area contributed by atoms with Crippen LogP contribution in [0.15, 0.2) is 85.1 Å². The molecule has 1 atom stereocenters. The summed E-state index contributed by atoms with van der Waals surface area (Å²) in [6.45, 7) is 6.48. The Morgan fingerprint density at radius 3 is 0.840 bits per heavy atom. The molecule has 0 heterocycles. The minimum Gasteiger partial charge on any atom is -0.462 e. The molecular weight excluding hydrogens is 925 g/mol. The largest absolute Gasteiger partial charge is 0.462 e. The Morgan fingerprint density at radius 2 is 0.520 bits per heavy atom. The van der Waals surface area contributed by atoms with E-state index in [2.05, 4.69) is 106 Å². The van der Waals surface area contributed by atoms with Crippen molar-refractivity contribution in [1.29, 1.82) is 0 Å². The van der Waals surface area contributed by atoms with Crippen LogP contribution in [0.1, 0.15) is 316 Å². The Labute approximate surface area is 465 Å². The molecule has 432 valence electrons. The molecule has 0 fully saturated rings. The number of esters is 3. The van der Waals surface area contributed by atoms with Crippen molar-refractivity contribution in [1.82, 2.24) is 0 Å². The third-order valence-corrected chi connectivity index (χ3v) is 13.9. The highest BCUT2D eigenvalue weighted by molar-refractivity contribution is 5.71. The van der Waals surface area contributed by atoms with Gasteiger partial charge < -0.3 is 14.2 Å². The number of unbranched alkanes of at least 4 members (excludes halogenated alkanes) is 33. The Bertz CT molecular complexity index is 1430. The number of hydrogen-bond donors (Lipinski definition) is 0. The van der Waals surface area contributed by atoms with Crippen molar-refractivity contribution in [2.75, 3.05) is 13.2 Å². The molecule has 0 aromatic heterocycles. The molecule has 0 amide bonds. The maximum atomic E-state index is 12.8. The summed E-state index contributed by atoms with van der Waals surface area (Å²) in [4.78, 5) is 38.1. The first-order chi connectivity index (χ1) is 37.0. The van der Waals surface area contributed by atoms with Crippen LogP contribution >= 0.6 is 0 Å². The molecule has 0 aliphatic rings. The molecule has 0 bridgehead atoms. The van der Waals surface area contributed by atoms with Gasteiger partial charge in [-0.05, 0) is 96.3 Å². The van der Waals surface area contributed by atoms with E-state index in [0.29, 0.717) is 19.3 Å². The van der Waals surface area contributed by atoms with Crippen LogP contribution in [-0.4, -0.2) is 37.2 Å². The predicted molar refractivity (Wildman–Crippen MR) is 325 cm³/mol. The molecule has 0 saturated heterocycles. The summed E-state index contributed by atoms with van der Waals surface area (Å²) in [5.74, 6) is -0.874. The maximum absolute atomic E-state index is 12.8. The lowest BCUT2D eigenvalue weighted by molar-refractivity contribution is -0.167. The highest BCUT2D eigenvalue weighted by atomic mass is 16.6. The van der Waals surface area contributed by atoms with Crippen molar-refractivity contribution in [2.24, 2.45) is 0 Å². The van der Waals surface area contributed by atoms with Gasteiger partial charge >= 0.3 is 17.9 Å². The SMILES string of the molecule is CC/C=C\C/C=C\C/C=C\C/C=C\C/C=C\CCCCCCCCCCCCCCCCCC(=O)OCC(COC(=O)CCCCCCCCC)OC(=O)CCCCCCCCCCC/C=C\C/C=C\CCCCC. The first-order valence-corrected chi connectivity index (χ1v) is 32.1. The number of ether oxygens (including phenoxy) is 3. The van der Waals surface area contributed by atoms with Crippen molar-refractivity contribution in [3.8, 4) is 0 Å². The van der Waals surface area contributed by atoms with E-state index in [1.807, 2.05) is 0 Å². The lowest BCUT2D eigenvalue weighted by atomic mass is 10.0. The average molecular weight is 1050 g/mol. The fraction of sp³-hybridized carbons (Fsp3) is 0.754. The second-order valence-corrected chi connectivity index (χ2v) is 21.3. The van der Waals surface area contributed by atoms with E-state index in [1.54, 1.807) is 0 Å².